The number of pyridine rings is 1. The van der Waals surface area contributed by atoms with E-state index in [9.17, 15) is 13.6 Å². The summed E-state index contributed by atoms with van der Waals surface area (Å²) in [5.41, 5.74) is 2.72. The highest BCUT2D eigenvalue weighted by atomic mass is 35.5. The molecule has 2 unspecified atom stereocenters. The summed E-state index contributed by atoms with van der Waals surface area (Å²) in [4.78, 5) is 16.3. The van der Waals surface area contributed by atoms with Gasteiger partial charge >= 0.3 is 5.97 Å². The molecule has 2 aromatic heterocycles. The van der Waals surface area contributed by atoms with Crippen LogP contribution in [0.3, 0.4) is 0 Å². The third kappa shape index (κ3) is 5.24. The molecule has 9 nitrogen and oxygen atoms in total. The number of benzene rings is 1. The molecule has 4 rings (SSSR count). The summed E-state index contributed by atoms with van der Waals surface area (Å²) in [5.74, 6) is 0.563. The summed E-state index contributed by atoms with van der Waals surface area (Å²) in [5, 5.41) is 4.93. The Morgan fingerprint density at radius 2 is 2.09 bits per heavy atom. The van der Waals surface area contributed by atoms with Crippen LogP contribution in [-0.4, -0.2) is 36.1 Å². The highest BCUT2D eigenvalue weighted by Crippen LogP contribution is 2.38. The lowest BCUT2D eigenvalue weighted by atomic mass is 9.92. The van der Waals surface area contributed by atoms with E-state index in [1.165, 1.54) is 10.5 Å². The van der Waals surface area contributed by atoms with Crippen LogP contribution in [0.5, 0.6) is 11.6 Å². The molecule has 0 fully saturated rings. The molecule has 0 saturated heterocycles. The number of carbonyl (C=O) groups excluding carboxylic acids is 1. The van der Waals surface area contributed by atoms with Gasteiger partial charge in [0.05, 0.1) is 30.7 Å². The Morgan fingerprint density at radius 3 is 2.76 bits per heavy atom. The molecule has 1 aliphatic rings. The lowest BCUT2D eigenvalue weighted by molar-refractivity contribution is -0.144. The minimum Gasteiger partial charge on any atom is -0.755 e. The maximum atomic E-state index is 12.4. The van der Waals surface area contributed by atoms with Crippen LogP contribution in [0.1, 0.15) is 42.6 Å². The van der Waals surface area contributed by atoms with Gasteiger partial charge in [0.2, 0.25) is 5.88 Å². The third-order valence-corrected chi connectivity index (χ3v) is 6.60. The van der Waals surface area contributed by atoms with Gasteiger partial charge in [0.25, 0.3) is 0 Å². The summed E-state index contributed by atoms with van der Waals surface area (Å²) < 4.78 is 38.5. The number of ether oxygens (including phenoxy) is 2. The van der Waals surface area contributed by atoms with Crippen LogP contribution in [0.4, 0.5) is 5.69 Å². The Labute approximate surface area is 205 Å². The molecule has 34 heavy (non-hydrogen) atoms. The van der Waals surface area contributed by atoms with Crippen molar-refractivity contribution in [1.29, 1.82) is 0 Å². The van der Waals surface area contributed by atoms with Crippen molar-refractivity contribution >= 4 is 34.5 Å². The van der Waals surface area contributed by atoms with Gasteiger partial charge in [0.1, 0.15) is 12.3 Å². The summed E-state index contributed by atoms with van der Waals surface area (Å²) in [6.07, 6.45) is 5.19. The molecule has 1 aliphatic carbocycles. The zero-order chi connectivity index (χ0) is 24.2. The van der Waals surface area contributed by atoms with Crippen LogP contribution in [0.25, 0.3) is 0 Å². The minimum absolute atomic E-state index is 0.00620. The van der Waals surface area contributed by atoms with Gasteiger partial charge < -0.3 is 14.0 Å². The molecule has 2 atom stereocenters. The topological polar surface area (TPSA) is 110 Å². The van der Waals surface area contributed by atoms with Gasteiger partial charge in [0, 0.05) is 33.1 Å². The van der Waals surface area contributed by atoms with Crippen molar-refractivity contribution in [2.24, 2.45) is 0 Å². The molecule has 3 aromatic rings. The van der Waals surface area contributed by atoms with Crippen LogP contribution in [-0.2, 0) is 33.8 Å². The van der Waals surface area contributed by atoms with E-state index in [1.807, 2.05) is 0 Å². The lowest BCUT2D eigenvalue weighted by Crippen LogP contribution is -2.33. The molecule has 0 spiro atoms. The third-order valence-electron chi connectivity index (χ3n) is 5.56. The number of hydrogen-bond donors (Lipinski definition) is 0. The molecule has 0 aliphatic heterocycles. The van der Waals surface area contributed by atoms with Crippen molar-refractivity contribution in [2.45, 2.75) is 45.7 Å². The Hall–Kier alpha value is -2.95. The molecule has 0 radical (unpaired) electrons. The normalized spacial score (nSPS) is 15.9. The van der Waals surface area contributed by atoms with Gasteiger partial charge in [0.15, 0.2) is 0 Å². The van der Waals surface area contributed by atoms with Crippen LogP contribution < -0.4 is 9.04 Å². The van der Waals surface area contributed by atoms with Crippen LogP contribution in [0.15, 0.2) is 42.7 Å². The number of halogens is 1. The van der Waals surface area contributed by atoms with E-state index < -0.39 is 17.3 Å². The van der Waals surface area contributed by atoms with Crippen LogP contribution in [0, 0.1) is 6.92 Å². The molecule has 1 aromatic carbocycles. The predicted molar refractivity (Wildman–Crippen MR) is 126 cm³/mol. The Balaban J connectivity index is 1.60. The minimum atomic E-state index is -2.56. The molecule has 180 valence electrons. The number of hydrogen-bond acceptors (Lipinski definition) is 7. The van der Waals surface area contributed by atoms with Crippen molar-refractivity contribution in [3.05, 3.63) is 64.6 Å². The molecule has 0 amide bonds. The molecule has 0 bridgehead atoms. The fourth-order valence-electron chi connectivity index (χ4n) is 4.06. The van der Waals surface area contributed by atoms with Crippen molar-refractivity contribution in [3.63, 3.8) is 0 Å². The van der Waals surface area contributed by atoms with Gasteiger partial charge in [-0.15, -0.1) is 0 Å². The van der Waals surface area contributed by atoms with E-state index in [2.05, 4.69) is 10.1 Å². The maximum absolute atomic E-state index is 12.4. The number of aryl methyl sites for hydroxylation is 1. The second kappa shape index (κ2) is 10.5. The van der Waals surface area contributed by atoms with E-state index >= 15 is 0 Å². The Kier molecular flexibility index (Phi) is 7.50. The first-order chi connectivity index (χ1) is 16.4. The van der Waals surface area contributed by atoms with E-state index in [0.29, 0.717) is 40.7 Å². The average Bonchev–Trinajstić information content (AvgIpc) is 3.20. The van der Waals surface area contributed by atoms with Crippen LogP contribution >= 0.6 is 11.6 Å². The second-order valence-electron chi connectivity index (χ2n) is 7.83. The molecule has 0 saturated carbocycles. The lowest BCUT2D eigenvalue weighted by Gasteiger charge is -2.36. The molecular weight excluding hydrogens is 480 g/mol. The first-order valence-corrected chi connectivity index (χ1v) is 12.3. The van der Waals surface area contributed by atoms with E-state index in [4.69, 9.17) is 21.1 Å². The number of esters is 1. The first kappa shape index (κ1) is 24.2. The fraction of sp³-hybridized carbons (Fsp3) is 0.348. The van der Waals surface area contributed by atoms with E-state index in [0.717, 1.165) is 17.7 Å². The number of anilines is 1. The Morgan fingerprint density at radius 1 is 1.32 bits per heavy atom. The number of fused-ring (bicyclic) bond motifs is 1. The van der Waals surface area contributed by atoms with Crippen LogP contribution in [0.2, 0.25) is 5.02 Å². The van der Waals surface area contributed by atoms with Gasteiger partial charge in [-0.3, -0.25) is 18.0 Å². The number of rotatable bonds is 8. The smallest absolute Gasteiger partial charge is 0.327 e. The zero-order valence-electron chi connectivity index (χ0n) is 18.8. The molecular formula is C23H24ClN4O5S-. The van der Waals surface area contributed by atoms with Crippen molar-refractivity contribution in [3.8, 4) is 11.6 Å². The van der Waals surface area contributed by atoms with Gasteiger partial charge in [-0.2, -0.15) is 5.10 Å². The average molecular weight is 504 g/mol. The molecule has 0 N–H and O–H groups in total. The number of nitrogens with zero attached hydrogens (tertiary/aromatic N) is 4. The maximum Gasteiger partial charge on any atom is 0.327 e. The zero-order valence-corrected chi connectivity index (χ0v) is 20.3. The summed E-state index contributed by atoms with van der Waals surface area (Å²) in [6, 6.07) is 8.16. The van der Waals surface area contributed by atoms with Crippen molar-refractivity contribution in [1.82, 2.24) is 14.8 Å². The van der Waals surface area contributed by atoms with Gasteiger partial charge in [-0.05, 0) is 63.4 Å². The summed E-state index contributed by atoms with van der Waals surface area (Å²) >= 11 is 3.36. The first-order valence-electron chi connectivity index (χ1n) is 10.9. The summed E-state index contributed by atoms with van der Waals surface area (Å²) in [7, 11) is 0. The highest BCUT2D eigenvalue weighted by Gasteiger charge is 2.31. The van der Waals surface area contributed by atoms with E-state index in [1.54, 1.807) is 55.1 Å². The fourth-order valence-corrected chi connectivity index (χ4v) is 4.89. The van der Waals surface area contributed by atoms with E-state index in [-0.39, 0.29) is 19.1 Å². The largest absolute Gasteiger partial charge is 0.755 e. The quantitative estimate of drug-likeness (QED) is 0.333. The summed E-state index contributed by atoms with van der Waals surface area (Å²) in [6.45, 7) is 3.83. The van der Waals surface area contributed by atoms with Gasteiger partial charge in [-0.1, -0.05) is 11.6 Å². The number of aromatic nitrogens is 3. The van der Waals surface area contributed by atoms with Crippen molar-refractivity contribution < 1.29 is 23.0 Å². The SMILES string of the molecule is CCOC(=O)Cn1ncc2c1CCCC2N(c1cnc(Oc2ccc(Cl)cc2)c(C)c1)S(=O)[O-]. The van der Waals surface area contributed by atoms with Crippen molar-refractivity contribution in [2.75, 3.05) is 10.9 Å². The Bertz CT molecular complexity index is 1200. The second-order valence-corrected chi connectivity index (χ2v) is 9.10. The predicted octanol–water partition coefficient (Wildman–Crippen LogP) is 4.27. The molecule has 11 heteroatoms. The monoisotopic (exact) mass is 503 g/mol. The number of carbonyl (C=O) groups is 1. The highest BCUT2D eigenvalue weighted by molar-refractivity contribution is 7.80. The molecule has 2 heterocycles. The standard InChI is InChI=1S/C23H25ClN4O5S/c1-3-32-22(29)14-27-20-5-4-6-21(19(20)13-26-27)28(34(30)31)17-11-15(2)23(25-12-17)33-18-9-7-16(24)8-10-18/h7-13,21H,3-6,14H2,1-2H3,(H,30,31)/p-1. The van der Waals surface area contributed by atoms with Gasteiger partial charge in [-0.25, -0.2) is 4.98 Å².